The number of rotatable bonds is 5. The molecule has 22 heavy (non-hydrogen) atoms. The molecule has 0 radical (unpaired) electrons. The third-order valence-electron chi connectivity index (χ3n) is 2.97. The lowest BCUT2D eigenvalue weighted by Crippen LogP contribution is -1.94. The molecule has 0 saturated carbocycles. The van der Waals surface area contributed by atoms with E-state index in [1.807, 2.05) is 6.07 Å². The predicted octanol–water partition coefficient (Wildman–Crippen LogP) is 3.68. The Morgan fingerprint density at radius 3 is 2.41 bits per heavy atom. The summed E-state index contributed by atoms with van der Waals surface area (Å²) in [7, 11) is 1.55. The lowest BCUT2D eigenvalue weighted by atomic mass is 10.1. The maximum atomic E-state index is 11.0. The topological polar surface area (TPSA) is 95.5 Å². The fourth-order valence-electron chi connectivity index (χ4n) is 1.88. The molecule has 0 aliphatic rings. The smallest absolute Gasteiger partial charge is 0.283 e. The first-order valence-corrected chi connectivity index (χ1v) is 6.26. The van der Waals surface area contributed by atoms with Gasteiger partial charge < -0.3 is 4.74 Å². The van der Waals surface area contributed by atoms with Gasteiger partial charge in [0.1, 0.15) is 5.75 Å². The molecule has 7 nitrogen and oxygen atoms in total. The van der Waals surface area contributed by atoms with Crippen molar-refractivity contribution in [2.24, 2.45) is 0 Å². The highest BCUT2D eigenvalue weighted by atomic mass is 16.6. The predicted molar refractivity (Wildman–Crippen MR) is 81.7 cm³/mol. The van der Waals surface area contributed by atoms with Crippen molar-refractivity contribution in [2.45, 2.75) is 0 Å². The van der Waals surface area contributed by atoms with E-state index in [9.17, 15) is 20.2 Å². The van der Waals surface area contributed by atoms with Crippen LogP contribution in [0.3, 0.4) is 0 Å². The summed E-state index contributed by atoms with van der Waals surface area (Å²) in [5, 5.41) is 21.7. The van der Waals surface area contributed by atoms with Crippen LogP contribution in [0.2, 0.25) is 0 Å². The standard InChI is InChI=1S/C15H12N2O5/c1-22-14-4-2-3-11(9-14)5-6-12-7-8-13(16(18)19)10-15(12)17(20)21/h2-10H,1H3/b6-5+. The van der Waals surface area contributed by atoms with Gasteiger partial charge in [-0.05, 0) is 29.8 Å². The van der Waals surface area contributed by atoms with Crippen molar-refractivity contribution >= 4 is 23.5 Å². The molecule has 0 amide bonds. The van der Waals surface area contributed by atoms with Gasteiger partial charge in [-0.2, -0.15) is 0 Å². The molecule has 2 rings (SSSR count). The van der Waals surface area contributed by atoms with E-state index >= 15 is 0 Å². The van der Waals surface area contributed by atoms with E-state index in [1.165, 1.54) is 18.2 Å². The number of benzene rings is 2. The van der Waals surface area contributed by atoms with Gasteiger partial charge in [0.2, 0.25) is 0 Å². The Kier molecular flexibility index (Phi) is 4.47. The second-order valence-corrected chi connectivity index (χ2v) is 4.37. The van der Waals surface area contributed by atoms with Gasteiger partial charge in [0.05, 0.1) is 28.6 Å². The number of hydrogen-bond donors (Lipinski definition) is 0. The van der Waals surface area contributed by atoms with E-state index in [2.05, 4.69) is 0 Å². The summed E-state index contributed by atoms with van der Waals surface area (Å²) in [6.07, 6.45) is 3.22. The first-order chi connectivity index (χ1) is 10.5. The zero-order chi connectivity index (χ0) is 16.1. The van der Waals surface area contributed by atoms with Crippen molar-refractivity contribution in [3.63, 3.8) is 0 Å². The van der Waals surface area contributed by atoms with Crippen LogP contribution in [0.4, 0.5) is 11.4 Å². The van der Waals surface area contributed by atoms with Crippen LogP contribution in [0, 0.1) is 20.2 Å². The Bertz CT molecular complexity index is 755. The molecular formula is C15H12N2O5. The second-order valence-electron chi connectivity index (χ2n) is 4.37. The maximum absolute atomic E-state index is 11.0. The Labute approximate surface area is 125 Å². The highest BCUT2D eigenvalue weighted by molar-refractivity contribution is 5.75. The molecule has 0 bridgehead atoms. The molecule has 2 aromatic carbocycles. The number of nitro benzene ring substituents is 2. The largest absolute Gasteiger partial charge is 0.497 e. The minimum Gasteiger partial charge on any atom is -0.497 e. The van der Waals surface area contributed by atoms with Crippen molar-refractivity contribution in [3.05, 3.63) is 73.8 Å². The summed E-state index contributed by atoms with van der Waals surface area (Å²) in [5.41, 5.74) is 0.462. The molecule has 0 heterocycles. The van der Waals surface area contributed by atoms with Gasteiger partial charge in [0.25, 0.3) is 11.4 Å². The fourth-order valence-corrected chi connectivity index (χ4v) is 1.88. The summed E-state index contributed by atoms with van der Waals surface area (Å²) in [6.45, 7) is 0. The number of methoxy groups -OCH3 is 1. The van der Waals surface area contributed by atoms with Crippen LogP contribution in [0.15, 0.2) is 42.5 Å². The number of ether oxygens (including phenoxy) is 1. The molecule has 0 aliphatic carbocycles. The molecule has 0 aliphatic heterocycles. The Morgan fingerprint density at radius 2 is 1.77 bits per heavy atom. The number of nitrogens with zero attached hydrogens (tertiary/aromatic N) is 2. The molecule has 0 aromatic heterocycles. The van der Waals surface area contributed by atoms with Gasteiger partial charge in [0.15, 0.2) is 0 Å². The van der Waals surface area contributed by atoms with E-state index in [0.29, 0.717) is 11.3 Å². The summed E-state index contributed by atoms with van der Waals surface area (Å²) < 4.78 is 5.09. The molecular weight excluding hydrogens is 288 g/mol. The molecule has 0 spiro atoms. The van der Waals surface area contributed by atoms with Gasteiger partial charge in [0, 0.05) is 6.07 Å². The molecule has 0 N–H and O–H groups in total. The first kappa shape index (κ1) is 15.2. The van der Waals surface area contributed by atoms with E-state index < -0.39 is 9.85 Å². The van der Waals surface area contributed by atoms with Crippen LogP contribution < -0.4 is 4.74 Å². The normalized spacial score (nSPS) is 10.6. The molecule has 7 heteroatoms. The third kappa shape index (κ3) is 3.45. The summed E-state index contributed by atoms with van der Waals surface area (Å²) >= 11 is 0. The molecule has 0 saturated heterocycles. The van der Waals surface area contributed by atoms with Crippen molar-refractivity contribution < 1.29 is 14.6 Å². The van der Waals surface area contributed by atoms with E-state index in [0.717, 1.165) is 11.6 Å². The monoisotopic (exact) mass is 300 g/mol. The summed E-state index contributed by atoms with van der Waals surface area (Å²) in [5.74, 6) is 0.667. The highest BCUT2D eigenvalue weighted by Gasteiger charge is 2.17. The molecule has 2 aromatic rings. The van der Waals surface area contributed by atoms with Gasteiger partial charge in [-0.15, -0.1) is 0 Å². The Hall–Kier alpha value is -3.22. The first-order valence-electron chi connectivity index (χ1n) is 6.26. The Morgan fingerprint density at radius 1 is 1.00 bits per heavy atom. The minimum atomic E-state index is -0.664. The van der Waals surface area contributed by atoms with Crippen LogP contribution in [-0.2, 0) is 0 Å². The second kappa shape index (κ2) is 6.49. The van der Waals surface area contributed by atoms with Crippen molar-refractivity contribution in [1.29, 1.82) is 0 Å². The van der Waals surface area contributed by atoms with E-state index in [4.69, 9.17) is 4.74 Å². The van der Waals surface area contributed by atoms with Crippen LogP contribution in [0.1, 0.15) is 11.1 Å². The summed E-state index contributed by atoms with van der Waals surface area (Å²) in [4.78, 5) is 20.4. The van der Waals surface area contributed by atoms with Crippen LogP contribution >= 0.6 is 0 Å². The highest BCUT2D eigenvalue weighted by Crippen LogP contribution is 2.26. The number of non-ortho nitro benzene ring substituents is 1. The Balaban J connectivity index is 2.37. The SMILES string of the molecule is COc1cccc(/C=C/c2ccc([N+](=O)[O-])cc2[N+](=O)[O-])c1. The zero-order valence-electron chi connectivity index (χ0n) is 11.6. The van der Waals surface area contributed by atoms with Crippen LogP contribution in [-0.4, -0.2) is 17.0 Å². The molecule has 0 unspecified atom stereocenters. The lowest BCUT2D eigenvalue weighted by Gasteiger charge is -2.01. The van der Waals surface area contributed by atoms with Crippen molar-refractivity contribution in [2.75, 3.05) is 7.11 Å². The van der Waals surface area contributed by atoms with E-state index in [1.54, 1.807) is 31.4 Å². The van der Waals surface area contributed by atoms with Gasteiger partial charge in [-0.3, -0.25) is 20.2 Å². The molecule has 0 fully saturated rings. The average Bonchev–Trinajstić information content (AvgIpc) is 2.52. The number of hydrogen-bond acceptors (Lipinski definition) is 5. The molecule has 0 atom stereocenters. The molecule has 112 valence electrons. The third-order valence-corrected chi connectivity index (χ3v) is 2.97. The van der Waals surface area contributed by atoms with E-state index in [-0.39, 0.29) is 11.4 Å². The van der Waals surface area contributed by atoms with Crippen LogP contribution in [0.25, 0.3) is 12.2 Å². The lowest BCUT2D eigenvalue weighted by molar-refractivity contribution is -0.394. The number of nitro groups is 2. The van der Waals surface area contributed by atoms with Crippen molar-refractivity contribution in [3.8, 4) is 5.75 Å². The minimum absolute atomic E-state index is 0.290. The van der Waals surface area contributed by atoms with Crippen LogP contribution in [0.5, 0.6) is 5.75 Å². The maximum Gasteiger partial charge on any atom is 0.283 e. The average molecular weight is 300 g/mol. The van der Waals surface area contributed by atoms with Crippen molar-refractivity contribution in [1.82, 2.24) is 0 Å². The van der Waals surface area contributed by atoms with Gasteiger partial charge >= 0.3 is 0 Å². The summed E-state index contributed by atoms with van der Waals surface area (Å²) in [6, 6.07) is 10.7. The van der Waals surface area contributed by atoms with Gasteiger partial charge in [-0.25, -0.2) is 0 Å². The van der Waals surface area contributed by atoms with Gasteiger partial charge in [-0.1, -0.05) is 18.2 Å². The fraction of sp³-hybridized carbons (Fsp3) is 0.0667. The quantitative estimate of drug-likeness (QED) is 0.476. The zero-order valence-corrected chi connectivity index (χ0v) is 11.6.